The Kier molecular flexibility index (Phi) is 5.28. The number of benzene rings is 2. The van der Waals surface area contributed by atoms with Gasteiger partial charge in [-0.2, -0.15) is 0 Å². The number of ether oxygens (including phenoxy) is 1. The second-order valence-corrected chi connectivity index (χ2v) is 5.76. The molecule has 0 saturated heterocycles. The third kappa shape index (κ3) is 4.53. The van der Waals surface area contributed by atoms with Crippen LogP contribution >= 0.6 is 11.8 Å². The topological polar surface area (TPSA) is 38.3 Å². The third-order valence-corrected chi connectivity index (χ3v) is 3.54. The monoisotopic (exact) mass is 301 g/mol. The molecule has 0 bridgehead atoms. The zero-order valence-electron chi connectivity index (χ0n) is 12.4. The summed E-state index contributed by atoms with van der Waals surface area (Å²) in [5.74, 6) is 0.648. The highest BCUT2D eigenvalue weighted by atomic mass is 32.2. The summed E-state index contributed by atoms with van der Waals surface area (Å²) in [5.41, 5.74) is 1.41. The largest absolute Gasteiger partial charge is 0.491 e. The Hall–Kier alpha value is -1.94. The van der Waals surface area contributed by atoms with Crippen LogP contribution in [0, 0.1) is 0 Å². The van der Waals surface area contributed by atoms with E-state index in [1.807, 2.05) is 56.5 Å². The molecule has 0 radical (unpaired) electrons. The van der Waals surface area contributed by atoms with Crippen molar-refractivity contribution in [3.8, 4) is 5.75 Å². The first-order valence-corrected chi connectivity index (χ1v) is 8.03. The van der Waals surface area contributed by atoms with Crippen molar-refractivity contribution >= 4 is 23.4 Å². The van der Waals surface area contributed by atoms with Crippen LogP contribution in [0.1, 0.15) is 24.2 Å². The maximum Gasteiger partial charge on any atom is 0.255 e. The van der Waals surface area contributed by atoms with Crippen LogP contribution in [0.15, 0.2) is 53.4 Å². The minimum absolute atomic E-state index is 0.121. The van der Waals surface area contributed by atoms with Crippen molar-refractivity contribution in [2.75, 3.05) is 11.6 Å². The Morgan fingerprint density at radius 2 is 1.86 bits per heavy atom. The lowest BCUT2D eigenvalue weighted by Gasteiger charge is -2.10. The Labute approximate surface area is 129 Å². The SMILES string of the molecule is CSc1cccc(NC(=O)c2ccc(OC(C)C)cc2)c1. The molecular weight excluding hydrogens is 282 g/mol. The standard InChI is InChI=1S/C17H19NO2S/c1-12(2)20-15-9-7-13(8-10-15)17(19)18-14-5-4-6-16(11-14)21-3/h4-12H,1-3H3,(H,18,19). The molecule has 0 fully saturated rings. The summed E-state index contributed by atoms with van der Waals surface area (Å²) in [7, 11) is 0. The Balaban J connectivity index is 2.05. The molecule has 2 rings (SSSR count). The molecular formula is C17H19NO2S. The summed E-state index contributed by atoms with van der Waals surface area (Å²) < 4.78 is 5.56. The van der Waals surface area contributed by atoms with E-state index in [9.17, 15) is 4.79 Å². The quantitative estimate of drug-likeness (QED) is 0.829. The first-order valence-electron chi connectivity index (χ1n) is 6.80. The Bertz CT molecular complexity index is 608. The summed E-state index contributed by atoms with van der Waals surface area (Å²) in [5, 5.41) is 2.90. The van der Waals surface area contributed by atoms with Crippen molar-refractivity contribution in [1.29, 1.82) is 0 Å². The zero-order valence-corrected chi connectivity index (χ0v) is 13.2. The highest BCUT2D eigenvalue weighted by Crippen LogP contribution is 2.20. The zero-order chi connectivity index (χ0) is 15.2. The number of carbonyl (C=O) groups excluding carboxylic acids is 1. The summed E-state index contributed by atoms with van der Waals surface area (Å²) in [4.78, 5) is 13.3. The smallest absolute Gasteiger partial charge is 0.255 e. The highest BCUT2D eigenvalue weighted by molar-refractivity contribution is 7.98. The van der Waals surface area contributed by atoms with Crippen LogP contribution in [0.3, 0.4) is 0 Å². The van der Waals surface area contributed by atoms with Crippen LogP contribution in [0.2, 0.25) is 0 Å². The normalized spacial score (nSPS) is 10.5. The van der Waals surface area contributed by atoms with Crippen molar-refractivity contribution in [2.45, 2.75) is 24.8 Å². The molecule has 110 valence electrons. The van der Waals surface area contributed by atoms with Gasteiger partial charge in [-0.15, -0.1) is 11.8 Å². The van der Waals surface area contributed by atoms with Crippen LogP contribution in [-0.2, 0) is 0 Å². The molecule has 0 aliphatic carbocycles. The van der Waals surface area contributed by atoms with Gasteiger partial charge in [0.15, 0.2) is 0 Å². The average molecular weight is 301 g/mol. The van der Waals surface area contributed by atoms with E-state index in [0.717, 1.165) is 16.3 Å². The van der Waals surface area contributed by atoms with Crippen molar-refractivity contribution in [2.24, 2.45) is 0 Å². The van der Waals surface area contributed by atoms with Crippen LogP contribution in [0.4, 0.5) is 5.69 Å². The number of anilines is 1. The first kappa shape index (κ1) is 15.4. The average Bonchev–Trinajstić information content (AvgIpc) is 2.47. The van der Waals surface area contributed by atoms with Gasteiger partial charge in [-0.25, -0.2) is 0 Å². The molecule has 0 unspecified atom stereocenters. The van der Waals surface area contributed by atoms with E-state index in [1.165, 1.54) is 0 Å². The van der Waals surface area contributed by atoms with Gasteiger partial charge in [0.05, 0.1) is 6.10 Å². The van der Waals surface area contributed by atoms with E-state index in [4.69, 9.17) is 4.74 Å². The number of thioether (sulfide) groups is 1. The molecule has 0 heterocycles. The van der Waals surface area contributed by atoms with Gasteiger partial charge < -0.3 is 10.1 Å². The molecule has 21 heavy (non-hydrogen) atoms. The van der Waals surface area contributed by atoms with Crippen LogP contribution in [0.5, 0.6) is 5.75 Å². The van der Waals surface area contributed by atoms with Crippen molar-refractivity contribution < 1.29 is 9.53 Å². The van der Waals surface area contributed by atoms with E-state index in [-0.39, 0.29) is 12.0 Å². The molecule has 1 N–H and O–H groups in total. The van der Waals surface area contributed by atoms with Crippen molar-refractivity contribution in [3.63, 3.8) is 0 Å². The fourth-order valence-electron chi connectivity index (χ4n) is 1.86. The molecule has 0 aliphatic heterocycles. The van der Waals surface area contributed by atoms with Gasteiger partial charge in [0.2, 0.25) is 0 Å². The maximum absolute atomic E-state index is 12.2. The number of carbonyl (C=O) groups is 1. The van der Waals surface area contributed by atoms with Gasteiger partial charge in [-0.1, -0.05) is 6.07 Å². The van der Waals surface area contributed by atoms with Gasteiger partial charge in [0.1, 0.15) is 5.75 Å². The van der Waals surface area contributed by atoms with E-state index in [1.54, 1.807) is 23.9 Å². The molecule has 0 saturated carbocycles. The fraction of sp³-hybridized carbons (Fsp3) is 0.235. The van der Waals surface area contributed by atoms with Crippen LogP contribution < -0.4 is 10.1 Å². The molecule has 0 spiro atoms. The highest BCUT2D eigenvalue weighted by Gasteiger charge is 2.07. The number of nitrogens with one attached hydrogen (secondary N) is 1. The summed E-state index contributed by atoms with van der Waals surface area (Å²) in [6.45, 7) is 3.94. The second kappa shape index (κ2) is 7.18. The molecule has 0 aliphatic rings. The van der Waals surface area contributed by atoms with Crippen molar-refractivity contribution in [3.05, 3.63) is 54.1 Å². The number of rotatable bonds is 5. The third-order valence-electron chi connectivity index (χ3n) is 2.82. The summed E-state index contributed by atoms with van der Waals surface area (Å²) in [6.07, 6.45) is 2.13. The molecule has 1 amide bonds. The number of hydrogen-bond acceptors (Lipinski definition) is 3. The lowest BCUT2D eigenvalue weighted by molar-refractivity contribution is 0.102. The minimum Gasteiger partial charge on any atom is -0.491 e. The predicted octanol–water partition coefficient (Wildman–Crippen LogP) is 4.45. The predicted molar refractivity (Wildman–Crippen MR) is 88.4 cm³/mol. The lowest BCUT2D eigenvalue weighted by Crippen LogP contribution is -2.12. The summed E-state index contributed by atoms with van der Waals surface area (Å²) >= 11 is 1.65. The van der Waals surface area contributed by atoms with E-state index >= 15 is 0 Å². The Morgan fingerprint density at radius 1 is 1.14 bits per heavy atom. The molecule has 0 aromatic heterocycles. The Morgan fingerprint density at radius 3 is 2.48 bits per heavy atom. The van der Waals surface area contributed by atoms with Gasteiger partial charge in [0.25, 0.3) is 5.91 Å². The van der Waals surface area contributed by atoms with E-state index in [0.29, 0.717) is 5.56 Å². The molecule has 0 atom stereocenters. The number of amides is 1. The second-order valence-electron chi connectivity index (χ2n) is 4.88. The van der Waals surface area contributed by atoms with Crippen LogP contribution in [0.25, 0.3) is 0 Å². The van der Waals surface area contributed by atoms with Crippen molar-refractivity contribution in [1.82, 2.24) is 0 Å². The van der Waals surface area contributed by atoms with Gasteiger partial charge >= 0.3 is 0 Å². The fourth-order valence-corrected chi connectivity index (χ4v) is 2.32. The first-order chi connectivity index (χ1) is 10.1. The van der Waals surface area contributed by atoms with Gasteiger partial charge in [-0.05, 0) is 62.6 Å². The molecule has 2 aromatic rings. The molecule has 3 nitrogen and oxygen atoms in total. The van der Waals surface area contributed by atoms with E-state index in [2.05, 4.69) is 5.32 Å². The van der Waals surface area contributed by atoms with Gasteiger partial charge in [-0.3, -0.25) is 4.79 Å². The molecule has 2 aromatic carbocycles. The van der Waals surface area contributed by atoms with Crippen LogP contribution in [-0.4, -0.2) is 18.3 Å². The maximum atomic E-state index is 12.2. The number of hydrogen-bond donors (Lipinski definition) is 1. The summed E-state index contributed by atoms with van der Waals surface area (Å²) in [6, 6.07) is 14.9. The minimum atomic E-state index is -0.121. The molecule has 4 heteroatoms. The van der Waals surface area contributed by atoms with Gasteiger partial charge in [0, 0.05) is 16.1 Å². The van der Waals surface area contributed by atoms with E-state index < -0.39 is 0 Å². The lowest BCUT2D eigenvalue weighted by atomic mass is 10.2.